The fourth-order valence-electron chi connectivity index (χ4n) is 3.70. The maximum atomic E-state index is 12.6. The number of hydrogen-bond donors (Lipinski definition) is 1. The van der Waals surface area contributed by atoms with Gasteiger partial charge in [0.15, 0.2) is 12.4 Å². The third kappa shape index (κ3) is 3.40. The van der Waals surface area contributed by atoms with E-state index < -0.39 is 34.7 Å². The number of ether oxygens (including phenoxy) is 3. The van der Waals surface area contributed by atoms with E-state index in [1.54, 1.807) is 12.1 Å². The van der Waals surface area contributed by atoms with Crippen molar-refractivity contribution < 1.29 is 31.9 Å². The molecular formula is C17H23NO7S. The highest BCUT2D eigenvalue weighted by Crippen LogP contribution is 2.34. The van der Waals surface area contributed by atoms with Crippen LogP contribution in [0.5, 0.6) is 0 Å². The number of rotatable bonds is 4. The standard InChI is InChI=1S/C17H23NO7S/c1-11-2-4-12(5-3-11)26(20,21)25-16-15(19)14(13-10-23-17(16)24-13)18-6-8-22-9-7-18/h2-5,13-17,19H,6-10H2,1H3/t13-,14-,15-,16-,17-/m1/s1. The van der Waals surface area contributed by atoms with Gasteiger partial charge >= 0.3 is 0 Å². The topological polar surface area (TPSA) is 94.5 Å². The molecule has 1 aromatic carbocycles. The van der Waals surface area contributed by atoms with E-state index in [2.05, 4.69) is 4.90 Å². The molecule has 0 aliphatic carbocycles. The van der Waals surface area contributed by atoms with E-state index in [0.29, 0.717) is 32.9 Å². The van der Waals surface area contributed by atoms with Gasteiger partial charge in [-0.3, -0.25) is 9.08 Å². The first kappa shape index (κ1) is 18.3. The molecule has 0 aromatic heterocycles. The minimum Gasteiger partial charge on any atom is -0.388 e. The third-order valence-electron chi connectivity index (χ3n) is 5.08. The van der Waals surface area contributed by atoms with Crippen molar-refractivity contribution in [3.05, 3.63) is 29.8 Å². The average Bonchev–Trinajstić information content (AvgIpc) is 3.06. The molecule has 26 heavy (non-hydrogen) atoms. The number of benzene rings is 1. The molecule has 5 atom stereocenters. The van der Waals surface area contributed by atoms with E-state index in [9.17, 15) is 13.5 Å². The second-order valence-electron chi connectivity index (χ2n) is 6.83. The van der Waals surface area contributed by atoms with Gasteiger partial charge in [0.1, 0.15) is 12.2 Å². The maximum absolute atomic E-state index is 12.6. The fourth-order valence-corrected chi connectivity index (χ4v) is 4.78. The van der Waals surface area contributed by atoms with Crippen LogP contribution in [0.3, 0.4) is 0 Å². The molecule has 144 valence electrons. The predicted molar refractivity (Wildman–Crippen MR) is 90.0 cm³/mol. The first-order chi connectivity index (χ1) is 12.5. The molecule has 8 nitrogen and oxygen atoms in total. The number of aliphatic hydroxyl groups excluding tert-OH is 1. The molecule has 3 saturated heterocycles. The first-order valence-electron chi connectivity index (χ1n) is 8.72. The Morgan fingerprint density at radius 2 is 1.88 bits per heavy atom. The molecule has 3 aliphatic heterocycles. The quantitative estimate of drug-likeness (QED) is 0.718. The van der Waals surface area contributed by atoms with Gasteiger partial charge in [-0.2, -0.15) is 8.42 Å². The van der Waals surface area contributed by atoms with Crippen LogP contribution in [0.25, 0.3) is 0 Å². The molecule has 0 spiro atoms. The van der Waals surface area contributed by atoms with Gasteiger partial charge in [-0.1, -0.05) is 17.7 Å². The molecular weight excluding hydrogens is 362 g/mol. The van der Waals surface area contributed by atoms with Gasteiger partial charge in [0.2, 0.25) is 0 Å². The van der Waals surface area contributed by atoms with Crippen LogP contribution >= 0.6 is 0 Å². The number of nitrogens with zero attached hydrogens (tertiary/aromatic N) is 1. The molecule has 1 aromatic rings. The molecule has 0 radical (unpaired) electrons. The molecule has 4 rings (SSSR count). The summed E-state index contributed by atoms with van der Waals surface area (Å²) in [6.07, 6.45) is -3.37. The van der Waals surface area contributed by atoms with Gasteiger partial charge in [0, 0.05) is 13.1 Å². The van der Waals surface area contributed by atoms with Gasteiger partial charge in [-0.05, 0) is 19.1 Å². The summed E-state index contributed by atoms with van der Waals surface area (Å²) < 4.78 is 47.4. The Morgan fingerprint density at radius 3 is 2.58 bits per heavy atom. The van der Waals surface area contributed by atoms with E-state index in [4.69, 9.17) is 18.4 Å². The van der Waals surface area contributed by atoms with Gasteiger partial charge in [0.05, 0.1) is 30.8 Å². The van der Waals surface area contributed by atoms with Gasteiger partial charge in [-0.15, -0.1) is 0 Å². The second kappa shape index (κ2) is 7.16. The van der Waals surface area contributed by atoms with Crippen LogP contribution in [0.15, 0.2) is 29.2 Å². The molecule has 3 heterocycles. The van der Waals surface area contributed by atoms with Crippen LogP contribution in [-0.2, 0) is 28.5 Å². The highest BCUT2D eigenvalue weighted by molar-refractivity contribution is 7.86. The summed E-state index contributed by atoms with van der Waals surface area (Å²) in [6, 6.07) is 5.97. The molecule has 0 unspecified atom stereocenters. The lowest BCUT2D eigenvalue weighted by Gasteiger charge is -2.44. The SMILES string of the molecule is Cc1ccc(S(=O)(=O)O[C@H]2[C@@H]3OC[C@@H](O3)[C@@H](N3CCOCC3)[C@H]2O)cc1. The number of morpholine rings is 1. The molecule has 9 heteroatoms. The Labute approximate surface area is 152 Å². The normalized spacial score (nSPS) is 35.5. The van der Waals surface area contributed by atoms with E-state index in [0.717, 1.165) is 5.56 Å². The lowest BCUT2D eigenvalue weighted by molar-refractivity contribution is -0.211. The van der Waals surface area contributed by atoms with Crippen molar-refractivity contribution in [3.8, 4) is 0 Å². The summed E-state index contributed by atoms with van der Waals surface area (Å²) >= 11 is 0. The molecule has 3 aliphatic rings. The van der Waals surface area contributed by atoms with Gasteiger partial charge < -0.3 is 19.3 Å². The Kier molecular flexibility index (Phi) is 5.04. The molecule has 0 saturated carbocycles. The minimum atomic E-state index is -4.05. The molecule has 1 N–H and O–H groups in total. The van der Waals surface area contributed by atoms with Crippen molar-refractivity contribution in [3.63, 3.8) is 0 Å². The van der Waals surface area contributed by atoms with Crippen LogP contribution in [0.1, 0.15) is 5.56 Å². The van der Waals surface area contributed by atoms with Crippen molar-refractivity contribution in [1.82, 2.24) is 4.90 Å². The summed E-state index contributed by atoms with van der Waals surface area (Å²) in [5.74, 6) is 0. The predicted octanol–water partition coefficient (Wildman–Crippen LogP) is -0.114. The van der Waals surface area contributed by atoms with Crippen molar-refractivity contribution in [2.45, 2.75) is 42.5 Å². The number of hydrogen-bond acceptors (Lipinski definition) is 8. The fraction of sp³-hybridized carbons (Fsp3) is 0.647. The monoisotopic (exact) mass is 385 g/mol. The average molecular weight is 385 g/mol. The lowest BCUT2D eigenvalue weighted by Crippen LogP contribution is -2.63. The number of aliphatic hydroxyl groups is 1. The van der Waals surface area contributed by atoms with Crippen molar-refractivity contribution in [2.75, 3.05) is 32.9 Å². The molecule has 3 fully saturated rings. The summed E-state index contributed by atoms with van der Waals surface area (Å²) in [6.45, 7) is 4.58. The van der Waals surface area contributed by atoms with Crippen LogP contribution in [0, 0.1) is 6.92 Å². The molecule has 2 bridgehead atoms. The Morgan fingerprint density at radius 1 is 1.19 bits per heavy atom. The number of aryl methyl sites for hydroxylation is 1. The van der Waals surface area contributed by atoms with Crippen LogP contribution in [-0.4, -0.2) is 82.0 Å². The van der Waals surface area contributed by atoms with Crippen LogP contribution < -0.4 is 0 Å². The lowest BCUT2D eigenvalue weighted by atomic mass is 9.96. The summed E-state index contributed by atoms with van der Waals surface area (Å²) in [4.78, 5) is 2.09. The summed E-state index contributed by atoms with van der Waals surface area (Å²) in [5.41, 5.74) is 0.944. The summed E-state index contributed by atoms with van der Waals surface area (Å²) in [7, 11) is -4.05. The third-order valence-corrected chi connectivity index (χ3v) is 6.41. The maximum Gasteiger partial charge on any atom is 0.297 e. The van der Waals surface area contributed by atoms with Crippen LogP contribution in [0.2, 0.25) is 0 Å². The van der Waals surface area contributed by atoms with Gasteiger partial charge in [0.25, 0.3) is 10.1 Å². The van der Waals surface area contributed by atoms with E-state index in [1.807, 2.05) is 6.92 Å². The zero-order chi connectivity index (χ0) is 18.3. The van der Waals surface area contributed by atoms with Crippen molar-refractivity contribution in [1.29, 1.82) is 0 Å². The second-order valence-corrected chi connectivity index (χ2v) is 8.41. The zero-order valence-corrected chi connectivity index (χ0v) is 15.3. The van der Waals surface area contributed by atoms with E-state index >= 15 is 0 Å². The zero-order valence-electron chi connectivity index (χ0n) is 14.5. The first-order valence-corrected chi connectivity index (χ1v) is 10.1. The van der Waals surface area contributed by atoms with E-state index in [1.165, 1.54) is 12.1 Å². The Balaban J connectivity index is 1.56. The van der Waals surface area contributed by atoms with E-state index in [-0.39, 0.29) is 11.0 Å². The smallest absolute Gasteiger partial charge is 0.297 e. The highest BCUT2D eigenvalue weighted by Gasteiger charge is 2.54. The summed E-state index contributed by atoms with van der Waals surface area (Å²) in [5, 5.41) is 10.9. The number of fused-ring (bicyclic) bond motifs is 2. The Hall–Kier alpha value is -1.07. The van der Waals surface area contributed by atoms with Crippen molar-refractivity contribution in [2.24, 2.45) is 0 Å². The largest absolute Gasteiger partial charge is 0.388 e. The molecule has 0 amide bonds. The minimum absolute atomic E-state index is 0.0401. The van der Waals surface area contributed by atoms with Crippen molar-refractivity contribution >= 4 is 10.1 Å². The Bertz CT molecular complexity index is 732. The van der Waals surface area contributed by atoms with Gasteiger partial charge in [-0.25, -0.2) is 0 Å². The van der Waals surface area contributed by atoms with Crippen LogP contribution in [0.4, 0.5) is 0 Å². The highest BCUT2D eigenvalue weighted by atomic mass is 32.2.